The first-order valence-electron chi connectivity index (χ1n) is 10.2. The molecule has 3 heterocycles. The van der Waals surface area contributed by atoms with Crippen molar-refractivity contribution in [3.05, 3.63) is 113 Å². The van der Waals surface area contributed by atoms with Gasteiger partial charge >= 0.3 is 0 Å². The molecule has 5 rings (SSSR count). The number of fused-ring (bicyclic) bond motifs is 1. The van der Waals surface area contributed by atoms with Gasteiger partial charge in [0.2, 0.25) is 5.95 Å². The van der Waals surface area contributed by atoms with Crippen LogP contribution in [0.2, 0.25) is 0 Å². The number of hydrogen-bond donors (Lipinski definition) is 1. The number of aromatic nitrogens is 5. The van der Waals surface area contributed by atoms with E-state index in [1.54, 1.807) is 33.8 Å². The molecule has 3 aromatic heterocycles. The maximum atomic E-state index is 12.5. The second-order valence-electron chi connectivity index (χ2n) is 7.19. The molecule has 7 heteroatoms. The first kappa shape index (κ1) is 19.4. The summed E-state index contributed by atoms with van der Waals surface area (Å²) in [6.45, 7) is 0.417. The zero-order chi connectivity index (χ0) is 21.8. The molecule has 0 fully saturated rings. The van der Waals surface area contributed by atoms with E-state index in [2.05, 4.69) is 20.4 Å². The van der Waals surface area contributed by atoms with Crippen LogP contribution in [0.5, 0.6) is 0 Å². The van der Waals surface area contributed by atoms with Gasteiger partial charge in [-0.05, 0) is 42.0 Å². The fourth-order valence-electron chi connectivity index (χ4n) is 3.41. The Morgan fingerprint density at radius 3 is 2.56 bits per heavy atom. The first-order valence-corrected chi connectivity index (χ1v) is 10.2. The minimum atomic E-state index is -0.108. The third-order valence-corrected chi connectivity index (χ3v) is 5.01. The molecule has 0 aliphatic heterocycles. The van der Waals surface area contributed by atoms with Gasteiger partial charge in [0, 0.05) is 42.3 Å². The molecule has 0 radical (unpaired) electrons. The van der Waals surface area contributed by atoms with Crippen molar-refractivity contribution in [2.75, 3.05) is 5.32 Å². The highest BCUT2D eigenvalue weighted by atomic mass is 16.1. The van der Waals surface area contributed by atoms with E-state index in [9.17, 15) is 4.79 Å². The lowest BCUT2D eigenvalue weighted by atomic mass is 10.2. The standard InChI is InChI=1S/C25H20N6O/c32-23-14-9-20-18-26-25(28-21-10-12-22(13-11-21)31-17-5-15-27-31)29-24(20)30(23)16-4-8-19-6-2-1-3-7-19/h1-15,17-18H,16H2,(H,26,28,29). The largest absolute Gasteiger partial charge is 0.324 e. The molecule has 0 spiro atoms. The van der Waals surface area contributed by atoms with Crippen molar-refractivity contribution < 1.29 is 0 Å². The van der Waals surface area contributed by atoms with Crippen LogP contribution in [0.25, 0.3) is 22.8 Å². The molecule has 0 unspecified atom stereocenters. The van der Waals surface area contributed by atoms with Crippen LogP contribution in [-0.2, 0) is 6.54 Å². The van der Waals surface area contributed by atoms with Gasteiger partial charge in [-0.15, -0.1) is 0 Å². The van der Waals surface area contributed by atoms with Crippen molar-refractivity contribution in [3.63, 3.8) is 0 Å². The molecule has 1 N–H and O–H groups in total. The molecule has 0 aliphatic rings. The summed E-state index contributed by atoms with van der Waals surface area (Å²) in [4.78, 5) is 21.6. The Bertz CT molecular complexity index is 1420. The quantitative estimate of drug-likeness (QED) is 0.440. The second kappa shape index (κ2) is 8.69. The highest BCUT2D eigenvalue weighted by molar-refractivity contribution is 5.75. The average Bonchev–Trinajstić information content (AvgIpc) is 3.37. The molecule has 32 heavy (non-hydrogen) atoms. The Balaban J connectivity index is 1.41. The molecule has 0 atom stereocenters. The number of allylic oxidation sites excluding steroid dienone is 1. The van der Waals surface area contributed by atoms with Crippen LogP contribution >= 0.6 is 0 Å². The number of hydrogen-bond acceptors (Lipinski definition) is 5. The molecule has 0 saturated heterocycles. The molecule has 0 saturated carbocycles. The summed E-state index contributed by atoms with van der Waals surface area (Å²) in [5.41, 5.74) is 3.36. The maximum absolute atomic E-state index is 12.5. The smallest absolute Gasteiger partial charge is 0.252 e. The molecular formula is C25H20N6O. The van der Waals surface area contributed by atoms with Gasteiger partial charge in [-0.25, -0.2) is 9.67 Å². The zero-order valence-electron chi connectivity index (χ0n) is 17.2. The average molecular weight is 420 g/mol. The van der Waals surface area contributed by atoms with E-state index in [4.69, 9.17) is 0 Å². The lowest BCUT2D eigenvalue weighted by Gasteiger charge is -2.10. The predicted molar refractivity (Wildman–Crippen MR) is 126 cm³/mol. The molecule has 7 nitrogen and oxygen atoms in total. The van der Waals surface area contributed by atoms with E-state index in [0.717, 1.165) is 22.3 Å². The van der Waals surface area contributed by atoms with Gasteiger partial charge in [0.1, 0.15) is 5.65 Å². The SMILES string of the molecule is O=c1ccc2cnc(Nc3ccc(-n4cccn4)cc3)nc2n1CC=Cc1ccccc1. The Morgan fingerprint density at radius 1 is 0.938 bits per heavy atom. The van der Waals surface area contributed by atoms with Crippen molar-refractivity contribution in [1.29, 1.82) is 0 Å². The number of benzene rings is 2. The number of rotatable bonds is 6. The fraction of sp³-hybridized carbons (Fsp3) is 0.0400. The number of nitrogens with one attached hydrogen (secondary N) is 1. The normalized spacial score (nSPS) is 11.2. The second-order valence-corrected chi connectivity index (χ2v) is 7.19. The predicted octanol–water partition coefficient (Wildman–Crippen LogP) is 4.43. The number of nitrogens with zero attached hydrogens (tertiary/aromatic N) is 5. The Labute approximate surface area is 184 Å². The summed E-state index contributed by atoms with van der Waals surface area (Å²) in [5, 5.41) is 8.24. The molecule has 0 bridgehead atoms. The first-order chi connectivity index (χ1) is 15.8. The summed E-state index contributed by atoms with van der Waals surface area (Å²) in [5.74, 6) is 0.427. The van der Waals surface area contributed by atoms with E-state index in [1.165, 1.54) is 0 Å². The van der Waals surface area contributed by atoms with Crippen LogP contribution in [-0.4, -0.2) is 24.3 Å². The fourth-order valence-corrected chi connectivity index (χ4v) is 3.41. The molecule has 2 aromatic carbocycles. The Morgan fingerprint density at radius 2 is 1.78 bits per heavy atom. The highest BCUT2D eigenvalue weighted by Crippen LogP contribution is 2.18. The molecule has 0 aliphatic carbocycles. The Hall–Kier alpha value is -4.52. The lowest BCUT2D eigenvalue weighted by molar-refractivity contribution is 0.805. The van der Waals surface area contributed by atoms with Crippen molar-refractivity contribution in [2.45, 2.75) is 6.54 Å². The summed E-state index contributed by atoms with van der Waals surface area (Å²) >= 11 is 0. The summed E-state index contributed by atoms with van der Waals surface area (Å²) in [6, 6.07) is 22.9. The minimum Gasteiger partial charge on any atom is -0.324 e. The van der Waals surface area contributed by atoms with Gasteiger partial charge in [0.15, 0.2) is 0 Å². The monoisotopic (exact) mass is 420 g/mol. The third-order valence-electron chi connectivity index (χ3n) is 5.01. The lowest BCUT2D eigenvalue weighted by Crippen LogP contribution is -2.19. The van der Waals surface area contributed by atoms with Crippen LogP contribution in [0, 0.1) is 0 Å². The van der Waals surface area contributed by atoms with Gasteiger partial charge in [-0.2, -0.15) is 10.1 Å². The topological polar surface area (TPSA) is 77.6 Å². The van der Waals surface area contributed by atoms with Crippen LogP contribution in [0.15, 0.2) is 102 Å². The van der Waals surface area contributed by atoms with Crippen LogP contribution in [0.1, 0.15) is 5.56 Å². The van der Waals surface area contributed by atoms with Gasteiger partial charge in [-0.3, -0.25) is 9.36 Å². The summed E-state index contributed by atoms with van der Waals surface area (Å²) in [7, 11) is 0. The summed E-state index contributed by atoms with van der Waals surface area (Å²) < 4.78 is 3.43. The molecular weight excluding hydrogens is 400 g/mol. The van der Waals surface area contributed by atoms with Crippen molar-refractivity contribution in [2.24, 2.45) is 0 Å². The van der Waals surface area contributed by atoms with E-state index < -0.39 is 0 Å². The van der Waals surface area contributed by atoms with Gasteiger partial charge in [-0.1, -0.05) is 42.5 Å². The molecule has 156 valence electrons. The van der Waals surface area contributed by atoms with Crippen molar-refractivity contribution in [1.82, 2.24) is 24.3 Å². The van der Waals surface area contributed by atoms with Crippen molar-refractivity contribution >= 4 is 28.7 Å². The van der Waals surface area contributed by atoms with Crippen LogP contribution < -0.4 is 10.9 Å². The van der Waals surface area contributed by atoms with Crippen molar-refractivity contribution in [3.8, 4) is 5.69 Å². The highest BCUT2D eigenvalue weighted by Gasteiger charge is 2.07. The van der Waals surface area contributed by atoms with Gasteiger partial charge in [0.25, 0.3) is 5.56 Å². The maximum Gasteiger partial charge on any atom is 0.252 e. The van der Waals surface area contributed by atoms with E-state index in [-0.39, 0.29) is 5.56 Å². The van der Waals surface area contributed by atoms with E-state index >= 15 is 0 Å². The van der Waals surface area contributed by atoms with E-state index in [1.807, 2.05) is 79.0 Å². The van der Waals surface area contributed by atoms with Gasteiger partial charge < -0.3 is 5.32 Å². The summed E-state index contributed by atoms with van der Waals surface area (Å²) in [6.07, 6.45) is 9.30. The zero-order valence-corrected chi connectivity index (χ0v) is 17.2. The Kier molecular flexibility index (Phi) is 5.28. The third kappa shape index (κ3) is 4.17. The molecule has 5 aromatic rings. The van der Waals surface area contributed by atoms with Crippen LogP contribution in [0.4, 0.5) is 11.6 Å². The van der Waals surface area contributed by atoms with Gasteiger partial charge in [0.05, 0.1) is 5.69 Å². The minimum absolute atomic E-state index is 0.108. The van der Waals surface area contributed by atoms with Crippen LogP contribution in [0.3, 0.4) is 0 Å². The number of pyridine rings is 1. The van der Waals surface area contributed by atoms with E-state index in [0.29, 0.717) is 18.1 Å². The molecule has 0 amide bonds. The number of anilines is 2.